The summed E-state index contributed by atoms with van der Waals surface area (Å²) in [6, 6.07) is 9.51. The standard InChI is InChI=1S/C16H21N3O/c1-16(2,10-17)11-19(3)15(20)13-8-4-6-12-7-5-9-18-14(12)13/h4-9H,10-11,17H2,1-3H3. The fourth-order valence-electron chi connectivity index (χ4n) is 2.26. The number of carbonyl (C=O) groups excluding carboxylic acids is 1. The van der Waals surface area contributed by atoms with Crippen molar-refractivity contribution in [3.63, 3.8) is 0 Å². The van der Waals surface area contributed by atoms with Crippen LogP contribution in [0.4, 0.5) is 0 Å². The van der Waals surface area contributed by atoms with E-state index in [-0.39, 0.29) is 11.3 Å². The number of carbonyl (C=O) groups is 1. The molecular weight excluding hydrogens is 250 g/mol. The van der Waals surface area contributed by atoms with Crippen LogP contribution in [0.3, 0.4) is 0 Å². The lowest BCUT2D eigenvalue weighted by atomic mass is 9.93. The van der Waals surface area contributed by atoms with Gasteiger partial charge in [-0.3, -0.25) is 9.78 Å². The zero-order valence-corrected chi connectivity index (χ0v) is 12.3. The molecule has 4 nitrogen and oxygen atoms in total. The number of hydrogen-bond acceptors (Lipinski definition) is 3. The first-order valence-electron chi connectivity index (χ1n) is 6.74. The summed E-state index contributed by atoms with van der Waals surface area (Å²) in [5.41, 5.74) is 7.02. The third-order valence-corrected chi connectivity index (χ3v) is 3.43. The SMILES string of the molecule is CN(CC(C)(C)CN)C(=O)c1cccc2cccnc12. The Labute approximate surface area is 119 Å². The van der Waals surface area contributed by atoms with Gasteiger partial charge in [-0.2, -0.15) is 0 Å². The molecule has 0 bridgehead atoms. The minimum atomic E-state index is -0.0948. The molecule has 2 N–H and O–H groups in total. The molecule has 0 spiro atoms. The molecule has 0 unspecified atom stereocenters. The number of fused-ring (bicyclic) bond motifs is 1. The number of rotatable bonds is 4. The van der Waals surface area contributed by atoms with Gasteiger partial charge in [0.25, 0.3) is 5.91 Å². The van der Waals surface area contributed by atoms with E-state index in [1.54, 1.807) is 11.1 Å². The maximum atomic E-state index is 12.6. The van der Waals surface area contributed by atoms with Crippen molar-refractivity contribution in [2.45, 2.75) is 13.8 Å². The van der Waals surface area contributed by atoms with Crippen molar-refractivity contribution in [2.75, 3.05) is 20.1 Å². The lowest BCUT2D eigenvalue weighted by Gasteiger charge is -2.29. The van der Waals surface area contributed by atoms with E-state index in [2.05, 4.69) is 18.8 Å². The highest BCUT2D eigenvalue weighted by atomic mass is 16.2. The molecule has 0 saturated carbocycles. The van der Waals surface area contributed by atoms with Crippen molar-refractivity contribution < 1.29 is 4.79 Å². The fraction of sp³-hybridized carbons (Fsp3) is 0.375. The summed E-state index contributed by atoms with van der Waals surface area (Å²) in [5, 5.41) is 0.977. The summed E-state index contributed by atoms with van der Waals surface area (Å²) in [6.07, 6.45) is 1.71. The summed E-state index contributed by atoms with van der Waals surface area (Å²) < 4.78 is 0. The number of pyridine rings is 1. The highest BCUT2D eigenvalue weighted by Crippen LogP contribution is 2.20. The van der Waals surface area contributed by atoms with Gasteiger partial charge in [0.2, 0.25) is 0 Å². The van der Waals surface area contributed by atoms with Crippen molar-refractivity contribution >= 4 is 16.8 Å². The highest BCUT2D eigenvalue weighted by molar-refractivity contribution is 6.05. The van der Waals surface area contributed by atoms with E-state index >= 15 is 0 Å². The van der Waals surface area contributed by atoms with Gasteiger partial charge in [0.05, 0.1) is 11.1 Å². The monoisotopic (exact) mass is 271 g/mol. The van der Waals surface area contributed by atoms with Crippen LogP contribution in [-0.2, 0) is 0 Å². The summed E-state index contributed by atoms with van der Waals surface area (Å²) >= 11 is 0. The summed E-state index contributed by atoms with van der Waals surface area (Å²) in [7, 11) is 1.81. The number of nitrogens with two attached hydrogens (primary N) is 1. The van der Waals surface area contributed by atoms with Crippen LogP contribution < -0.4 is 5.73 Å². The van der Waals surface area contributed by atoms with Crippen LogP contribution in [0.2, 0.25) is 0 Å². The number of benzene rings is 1. The molecule has 0 aliphatic rings. The minimum Gasteiger partial charge on any atom is -0.341 e. The predicted octanol–water partition coefficient (Wildman–Crippen LogP) is 2.29. The van der Waals surface area contributed by atoms with Crippen molar-refractivity contribution in [1.29, 1.82) is 0 Å². The molecule has 0 saturated heterocycles. The molecule has 0 aliphatic carbocycles. The Morgan fingerprint density at radius 1 is 1.30 bits per heavy atom. The van der Waals surface area contributed by atoms with Crippen LogP contribution in [0, 0.1) is 5.41 Å². The number of hydrogen-bond donors (Lipinski definition) is 1. The molecular formula is C16H21N3O. The topological polar surface area (TPSA) is 59.2 Å². The van der Waals surface area contributed by atoms with Crippen LogP contribution in [0.5, 0.6) is 0 Å². The molecule has 106 valence electrons. The Balaban J connectivity index is 2.32. The van der Waals surface area contributed by atoms with Crippen LogP contribution in [0.25, 0.3) is 10.9 Å². The highest BCUT2D eigenvalue weighted by Gasteiger charge is 2.23. The summed E-state index contributed by atoms with van der Waals surface area (Å²) in [5.74, 6) is -0.0178. The van der Waals surface area contributed by atoms with Gasteiger partial charge in [-0.25, -0.2) is 0 Å². The van der Waals surface area contributed by atoms with Gasteiger partial charge in [0.15, 0.2) is 0 Å². The maximum absolute atomic E-state index is 12.6. The van der Waals surface area contributed by atoms with E-state index in [1.165, 1.54) is 0 Å². The Kier molecular flexibility index (Phi) is 4.04. The number of para-hydroxylation sites is 1. The molecule has 0 radical (unpaired) electrons. The molecule has 2 aromatic rings. The first-order valence-corrected chi connectivity index (χ1v) is 6.74. The van der Waals surface area contributed by atoms with Crippen molar-refractivity contribution in [3.05, 3.63) is 42.1 Å². The Bertz CT molecular complexity index is 617. The molecule has 1 aromatic carbocycles. The molecule has 2 rings (SSSR count). The van der Waals surface area contributed by atoms with E-state index in [9.17, 15) is 4.79 Å². The fourth-order valence-corrected chi connectivity index (χ4v) is 2.26. The molecule has 20 heavy (non-hydrogen) atoms. The van der Waals surface area contributed by atoms with Crippen molar-refractivity contribution in [3.8, 4) is 0 Å². The Morgan fingerprint density at radius 3 is 2.70 bits per heavy atom. The smallest absolute Gasteiger partial charge is 0.255 e. The van der Waals surface area contributed by atoms with E-state index in [1.807, 2.05) is 37.4 Å². The average molecular weight is 271 g/mol. The second-order valence-electron chi connectivity index (χ2n) is 5.91. The van der Waals surface area contributed by atoms with E-state index in [0.717, 1.165) is 10.9 Å². The largest absolute Gasteiger partial charge is 0.341 e. The van der Waals surface area contributed by atoms with Gasteiger partial charge < -0.3 is 10.6 Å². The quantitative estimate of drug-likeness (QED) is 0.928. The van der Waals surface area contributed by atoms with Gasteiger partial charge in [0.1, 0.15) is 0 Å². The second kappa shape index (κ2) is 5.59. The van der Waals surface area contributed by atoms with E-state index < -0.39 is 0 Å². The van der Waals surface area contributed by atoms with Gasteiger partial charge in [0, 0.05) is 25.2 Å². The molecule has 1 amide bonds. The molecule has 4 heteroatoms. The molecule has 1 aromatic heterocycles. The first-order chi connectivity index (χ1) is 9.44. The van der Waals surface area contributed by atoms with Gasteiger partial charge in [-0.1, -0.05) is 32.0 Å². The summed E-state index contributed by atoms with van der Waals surface area (Å²) in [6.45, 7) is 5.26. The Hall–Kier alpha value is -1.94. The van der Waals surface area contributed by atoms with Crippen LogP contribution in [0.1, 0.15) is 24.2 Å². The number of amides is 1. The third-order valence-electron chi connectivity index (χ3n) is 3.43. The first kappa shape index (κ1) is 14.5. The summed E-state index contributed by atoms with van der Waals surface area (Å²) in [4.78, 5) is 18.6. The zero-order chi connectivity index (χ0) is 14.8. The lowest BCUT2D eigenvalue weighted by Crippen LogP contribution is -2.39. The normalized spacial score (nSPS) is 11.6. The van der Waals surface area contributed by atoms with Crippen molar-refractivity contribution in [2.24, 2.45) is 11.1 Å². The van der Waals surface area contributed by atoms with Gasteiger partial charge in [-0.15, -0.1) is 0 Å². The molecule has 0 atom stereocenters. The van der Waals surface area contributed by atoms with Gasteiger partial charge >= 0.3 is 0 Å². The van der Waals surface area contributed by atoms with Crippen LogP contribution in [0.15, 0.2) is 36.5 Å². The Morgan fingerprint density at radius 2 is 2.00 bits per heavy atom. The third kappa shape index (κ3) is 2.96. The van der Waals surface area contributed by atoms with Crippen molar-refractivity contribution in [1.82, 2.24) is 9.88 Å². The average Bonchev–Trinajstić information content (AvgIpc) is 2.45. The lowest BCUT2D eigenvalue weighted by molar-refractivity contribution is 0.0742. The van der Waals surface area contributed by atoms with Crippen LogP contribution >= 0.6 is 0 Å². The molecule has 0 aliphatic heterocycles. The number of aromatic nitrogens is 1. The van der Waals surface area contributed by atoms with Crippen LogP contribution in [-0.4, -0.2) is 35.9 Å². The zero-order valence-electron chi connectivity index (χ0n) is 12.3. The van der Waals surface area contributed by atoms with E-state index in [4.69, 9.17) is 5.73 Å². The second-order valence-corrected chi connectivity index (χ2v) is 5.91. The molecule has 0 fully saturated rings. The van der Waals surface area contributed by atoms with Gasteiger partial charge in [-0.05, 0) is 24.1 Å². The van der Waals surface area contributed by atoms with E-state index in [0.29, 0.717) is 18.7 Å². The minimum absolute atomic E-state index is 0.0178. The number of nitrogens with zero attached hydrogens (tertiary/aromatic N) is 2. The predicted molar refractivity (Wildman–Crippen MR) is 81.5 cm³/mol. The maximum Gasteiger partial charge on any atom is 0.255 e. The molecule has 1 heterocycles.